The number of rotatable bonds is 8. The van der Waals surface area contributed by atoms with Crippen molar-refractivity contribution in [3.8, 4) is 0 Å². The number of ether oxygens (including phenoxy) is 2. The maximum Gasteiger partial charge on any atom is 0.335 e. The third kappa shape index (κ3) is 5.31. The molecule has 8 atom stereocenters. The number of aliphatic carboxylic acids is 1. The second-order valence-corrected chi connectivity index (χ2v) is 5.25. The van der Waals surface area contributed by atoms with Gasteiger partial charge in [-0.1, -0.05) is 0 Å². The molecule has 0 saturated carbocycles. The van der Waals surface area contributed by atoms with Crippen molar-refractivity contribution >= 4 is 5.97 Å². The molecule has 0 spiro atoms. The Morgan fingerprint density at radius 1 is 1.17 bits per heavy atom. The van der Waals surface area contributed by atoms with Gasteiger partial charge >= 0.3 is 5.97 Å². The quantitative estimate of drug-likeness (QED) is 0.211. The Balaban J connectivity index is 2.49. The summed E-state index contributed by atoms with van der Waals surface area (Å²) < 4.78 is 10.2. The van der Waals surface area contributed by atoms with Gasteiger partial charge in [0.25, 0.3) is 0 Å². The first-order valence-corrected chi connectivity index (χ1v) is 6.88. The van der Waals surface area contributed by atoms with Gasteiger partial charge in [-0.15, -0.1) is 0 Å². The summed E-state index contributed by atoms with van der Waals surface area (Å²) in [6.45, 7) is -1.19. The highest BCUT2D eigenvalue weighted by Crippen LogP contribution is 2.21. The fraction of sp³-hybridized carbons (Fsp3) is 0.917. The van der Waals surface area contributed by atoms with Crippen molar-refractivity contribution in [2.24, 2.45) is 0 Å². The normalized spacial score (nSPS) is 33.7. The number of hydrogen-bond acceptors (Lipinski definition) is 10. The van der Waals surface area contributed by atoms with Crippen LogP contribution in [-0.4, -0.2) is 109 Å². The van der Waals surface area contributed by atoms with Crippen LogP contribution < -0.4 is 0 Å². The molecule has 0 aromatic carbocycles. The van der Waals surface area contributed by atoms with E-state index in [-0.39, 0.29) is 6.42 Å². The summed E-state index contributed by atoms with van der Waals surface area (Å²) in [4.78, 5) is 10.5. The van der Waals surface area contributed by atoms with Crippen LogP contribution in [0.25, 0.3) is 0 Å². The van der Waals surface area contributed by atoms with Crippen molar-refractivity contribution < 1.29 is 55.1 Å². The average molecular weight is 342 g/mol. The summed E-state index contributed by atoms with van der Waals surface area (Å²) >= 11 is 0. The maximum atomic E-state index is 10.5. The van der Waals surface area contributed by atoms with Crippen molar-refractivity contribution in [2.45, 2.75) is 55.4 Å². The van der Waals surface area contributed by atoms with Crippen molar-refractivity contribution in [2.75, 3.05) is 13.2 Å². The van der Waals surface area contributed by atoms with E-state index in [1.165, 1.54) is 0 Å². The molecule has 1 fully saturated rings. The van der Waals surface area contributed by atoms with Crippen LogP contribution in [0.3, 0.4) is 0 Å². The lowest BCUT2D eigenvalue weighted by Gasteiger charge is -2.36. The fourth-order valence-electron chi connectivity index (χ4n) is 2.04. The zero-order valence-electron chi connectivity index (χ0n) is 12.0. The van der Waals surface area contributed by atoms with Crippen LogP contribution in [-0.2, 0) is 14.3 Å². The number of carboxylic acid groups (broad SMARTS) is 1. The van der Waals surface area contributed by atoms with Crippen molar-refractivity contribution in [3.63, 3.8) is 0 Å². The summed E-state index contributed by atoms with van der Waals surface area (Å²) in [7, 11) is 0. The first kappa shape index (κ1) is 20.2. The monoisotopic (exact) mass is 342 g/mol. The van der Waals surface area contributed by atoms with E-state index >= 15 is 0 Å². The number of aliphatic hydroxyl groups excluding tert-OH is 7. The molecule has 0 amide bonds. The smallest absolute Gasteiger partial charge is 0.335 e. The molecule has 0 aromatic rings. The molecule has 0 aromatic heterocycles. The molecule has 1 rings (SSSR count). The molecule has 0 bridgehead atoms. The summed E-state index contributed by atoms with van der Waals surface area (Å²) in [6, 6.07) is 0. The first-order valence-electron chi connectivity index (χ1n) is 6.88. The highest BCUT2D eigenvalue weighted by molar-refractivity contribution is 5.72. The van der Waals surface area contributed by atoms with Crippen LogP contribution >= 0.6 is 0 Å². The van der Waals surface area contributed by atoms with Crippen molar-refractivity contribution in [3.05, 3.63) is 0 Å². The topological polar surface area (TPSA) is 197 Å². The second-order valence-electron chi connectivity index (χ2n) is 5.25. The van der Waals surface area contributed by atoms with Gasteiger partial charge < -0.3 is 50.3 Å². The summed E-state index contributed by atoms with van der Waals surface area (Å²) in [5.41, 5.74) is 0. The lowest BCUT2D eigenvalue weighted by molar-refractivity contribution is -0.265. The van der Waals surface area contributed by atoms with Crippen LogP contribution in [0.4, 0.5) is 0 Å². The van der Waals surface area contributed by atoms with Crippen LogP contribution in [0.1, 0.15) is 6.42 Å². The second kappa shape index (κ2) is 8.82. The zero-order valence-corrected chi connectivity index (χ0v) is 12.0. The van der Waals surface area contributed by atoms with E-state index in [2.05, 4.69) is 0 Å². The van der Waals surface area contributed by atoms with Gasteiger partial charge in [0.15, 0.2) is 12.4 Å². The maximum absolute atomic E-state index is 10.5. The average Bonchev–Trinajstić information content (AvgIpc) is 2.52. The van der Waals surface area contributed by atoms with Crippen LogP contribution in [0.2, 0.25) is 0 Å². The molecule has 1 aliphatic heterocycles. The third-order valence-corrected chi connectivity index (χ3v) is 3.49. The summed E-state index contributed by atoms with van der Waals surface area (Å²) in [6.07, 6.45) is -13.1. The number of aliphatic hydroxyl groups is 7. The lowest BCUT2D eigenvalue weighted by atomic mass is 10.0. The Labute approximate surface area is 130 Å². The van der Waals surface area contributed by atoms with Gasteiger partial charge in [-0.2, -0.15) is 0 Å². The molecular formula is C12H22O11. The van der Waals surface area contributed by atoms with Gasteiger partial charge in [0.2, 0.25) is 0 Å². The van der Waals surface area contributed by atoms with Gasteiger partial charge in [-0.05, 0) is 0 Å². The minimum atomic E-state index is -2.29. The summed E-state index contributed by atoms with van der Waals surface area (Å²) in [5, 5.41) is 74.2. The van der Waals surface area contributed by atoms with E-state index < -0.39 is 68.2 Å². The van der Waals surface area contributed by atoms with Crippen molar-refractivity contribution in [1.82, 2.24) is 0 Å². The Morgan fingerprint density at radius 3 is 2.30 bits per heavy atom. The largest absolute Gasteiger partial charge is 0.479 e. The molecule has 8 N–H and O–H groups in total. The summed E-state index contributed by atoms with van der Waals surface area (Å²) in [5.74, 6) is -1.77. The zero-order chi connectivity index (χ0) is 17.7. The van der Waals surface area contributed by atoms with Gasteiger partial charge in [-0.25, -0.2) is 4.79 Å². The highest BCUT2D eigenvalue weighted by Gasteiger charge is 2.38. The molecule has 23 heavy (non-hydrogen) atoms. The predicted octanol–water partition coefficient (Wildman–Crippen LogP) is -4.64. The van der Waals surface area contributed by atoms with Crippen molar-refractivity contribution in [1.29, 1.82) is 0 Å². The fourth-order valence-corrected chi connectivity index (χ4v) is 2.04. The van der Waals surface area contributed by atoms with E-state index in [1.54, 1.807) is 0 Å². The van der Waals surface area contributed by atoms with Gasteiger partial charge in [0, 0.05) is 6.42 Å². The molecule has 0 unspecified atom stereocenters. The van der Waals surface area contributed by atoms with E-state index in [4.69, 9.17) is 24.8 Å². The van der Waals surface area contributed by atoms with E-state index in [9.17, 15) is 30.3 Å². The highest BCUT2D eigenvalue weighted by atomic mass is 16.7. The lowest BCUT2D eigenvalue weighted by Crippen LogP contribution is -2.52. The van der Waals surface area contributed by atoms with Gasteiger partial charge in [0.1, 0.15) is 30.5 Å². The molecule has 136 valence electrons. The molecule has 0 radical (unpaired) electrons. The van der Waals surface area contributed by atoms with Crippen LogP contribution in [0, 0.1) is 0 Å². The molecule has 11 nitrogen and oxygen atoms in total. The Hall–Kier alpha value is -0.890. The van der Waals surface area contributed by atoms with E-state index in [0.29, 0.717) is 0 Å². The molecular weight excluding hydrogens is 320 g/mol. The predicted molar refractivity (Wildman–Crippen MR) is 70.0 cm³/mol. The van der Waals surface area contributed by atoms with E-state index in [0.717, 1.165) is 0 Å². The molecule has 0 aliphatic carbocycles. The number of hydrogen-bond donors (Lipinski definition) is 8. The van der Waals surface area contributed by atoms with E-state index in [1.807, 2.05) is 0 Å². The third-order valence-electron chi connectivity index (χ3n) is 3.49. The number of carboxylic acids is 1. The minimum Gasteiger partial charge on any atom is -0.479 e. The molecule has 1 saturated heterocycles. The van der Waals surface area contributed by atoms with Gasteiger partial charge in [0.05, 0.1) is 19.3 Å². The molecule has 1 heterocycles. The van der Waals surface area contributed by atoms with Gasteiger partial charge in [-0.3, -0.25) is 0 Å². The standard InChI is InChI=1S/C12H22O11/c13-2-6-8(16)4(14)1-7(23-6)22-3-5(15)9(17)10(18)11(19)12(20)21/h4-11,13-19H,1-3H2,(H,20,21)/t4-,5-,6-,7+,8+,9-,10+,11-/m1/s1. The first-order chi connectivity index (χ1) is 10.7. The van der Waals surface area contributed by atoms with Crippen LogP contribution in [0.5, 0.6) is 0 Å². The SMILES string of the molecule is O=C(O)[C@H](O)[C@@H](O)[C@H](O)[C@H](O)CO[C@@H]1C[C@@H](O)[C@H](O)[C@@H](CO)O1. The molecule has 11 heteroatoms. The minimum absolute atomic E-state index is 0.166. The van der Waals surface area contributed by atoms with Crippen LogP contribution in [0.15, 0.2) is 0 Å². The Kier molecular flexibility index (Phi) is 7.73. The Morgan fingerprint density at radius 2 is 1.78 bits per heavy atom. The Bertz CT molecular complexity index is 378. The molecule has 1 aliphatic rings. The number of carbonyl (C=O) groups is 1.